The molecule has 1 amide bonds. The molecular weight excluding hydrogens is 380 g/mol. The van der Waals surface area contributed by atoms with Crippen LogP contribution in [0.25, 0.3) is 5.57 Å². The molecular formula is C24H26N2O4. The monoisotopic (exact) mass is 406 g/mol. The molecule has 1 aromatic carbocycles. The van der Waals surface area contributed by atoms with Crippen molar-refractivity contribution in [1.29, 1.82) is 0 Å². The number of allylic oxidation sites excluding steroid dienone is 4. The summed E-state index contributed by atoms with van der Waals surface area (Å²) in [5.41, 5.74) is 3.55. The van der Waals surface area contributed by atoms with Gasteiger partial charge in [0, 0.05) is 23.8 Å². The van der Waals surface area contributed by atoms with E-state index >= 15 is 0 Å². The summed E-state index contributed by atoms with van der Waals surface area (Å²) < 4.78 is 16.6. The summed E-state index contributed by atoms with van der Waals surface area (Å²) >= 11 is 0. The number of nitrogens with zero attached hydrogens (tertiary/aromatic N) is 1. The van der Waals surface area contributed by atoms with Gasteiger partial charge in [0.1, 0.15) is 11.9 Å². The molecule has 1 unspecified atom stereocenters. The predicted molar refractivity (Wildman–Crippen MR) is 116 cm³/mol. The number of nitrogens with one attached hydrogen (secondary N) is 1. The van der Waals surface area contributed by atoms with Crippen molar-refractivity contribution in [2.75, 3.05) is 20.8 Å². The highest BCUT2D eigenvalue weighted by Crippen LogP contribution is 2.39. The molecule has 1 N–H and O–H groups in total. The van der Waals surface area contributed by atoms with Crippen molar-refractivity contribution in [1.82, 2.24) is 10.2 Å². The van der Waals surface area contributed by atoms with Crippen LogP contribution in [0.3, 0.4) is 0 Å². The third-order valence-corrected chi connectivity index (χ3v) is 5.38. The van der Waals surface area contributed by atoms with Crippen molar-refractivity contribution in [2.24, 2.45) is 0 Å². The van der Waals surface area contributed by atoms with Crippen LogP contribution in [0.2, 0.25) is 0 Å². The fraction of sp³-hybridized carbons (Fsp3) is 0.292. The number of carbonyl (C=O) groups excluding carboxylic acids is 1. The highest BCUT2D eigenvalue weighted by Gasteiger charge is 2.36. The lowest BCUT2D eigenvalue weighted by molar-refractivity contribution is -0.125. The van der Waals surface area contributed by atoms with Crippen LogP contribution in [0, 0.1) is 0 Å². The van der Waals surface area contributed by atoms with E-state index in [4.69, 9.17) is 14.2 Å². The third-order valence-electron chi connectivity index (χ3n) is 5.38. The van der Waals surface area contributed by atoms with E-state index in [0.717, 1.165) is 35.3 Å². The lowest BCUT2D eigenvalue weighted by Gasteiger charge is -2.28. The average Bonchev–Trinajstić information content (AvgIpc) is 3.18. The van der Waals surface area contributed by atoms with E-state index in [9.17, 15) is 4.79 Å². The molecule has 6 heteroatoms. The quantitative estimate of drug-likeness (QED) is 0.777. The Morgan fingerprint density at radius 1 is 1.23 bits per heavy atom. The first-order chi connectivity index (χ1) is 14.7. The molecule has 2 aliphatic heterocycles. The molecule has 30 heavy (non-hydrogen) atoms. The van der Waals surface area contributed by atoms with Gasteiger partial charge in [0.25, 0.3) is 5.91 Å². The number of hydrogen-bond donors (Lipinski definition) is 1. The van der Waals surface area contributed by atoms with E-state index in [-0.39, 0.29) is 12.1 Å². The molecule has 4 rings (SSSR count). The summed E-state index contributed by atoms with van der Waals surface area (Å²) in [7, 11) is 3.23. The smallest absolute Gasteiger partial charge is 0.263 e. The maximum atomic E-state index is 13.5. The van der Waals surface area contributed by atoms with Crippen LogP contribution in [0.5, 0.6) is 11.5 Å². The fourth-order valence-electron chi connectivity index (χ4n) is 3.95. The number of methoxy groups -OCH3 is 2. The number of hydrogen-bond acceptors (Lipinski definition) is 5. The molecule has 0 aromatic heterocycles. The molecule has 1 aromatic rings. The molecule has 0 saturated carbocycles. The Bertz CT molecular complexity index is 1000. The minimum absolute atomic E-state index is 0.0800. The zero-order valence-corrected chi connectivity index (χ0v) is 17.5. The molecule has 3 aliphatic rings. The normalized spacial score (nSPS) is 19.7. The average molecular weight is 406 g/mol. The van der Waals surface area contributed by atoms with Gasteiger partial charge in [0.2, 0.25) is 0 Å². The topological polar surface area (TPSA) is 60.0 Å². The van der Waals surface area contributed by atoms with Crippen molar-refractivity contribution in [2.45, 2.75) is 25.9 Å². The van der Waals surface area contributed by atoms with Gasteiger partial charge < -0.3 is 19.5 Å². The molecule has 0 fully saturated rings. The second-order valence-electron chi connectivity index (χ2n) is 7.09. The molecule has 2 heterocycles. The Kier molecular flexibility index (Phi) is 5.65. The number of fused-ring (bicyclic) bond motifs is 1. The molecule has 1 aliphatic carbocycles. The summed E-state index contributed by atoms with van der Waals surface area (Å²) in [6.07, 6.45) is 13.0. The predicted octanol–water partition coefficient (Wildman–Crippen LogP) is 3.90. The molecule has 0 radical (unpaired) electrons. The largest absolute Gasteiger partial charge is 0.497 e. The fourth-order valence-corrected chi connectivity index (χ4v) is 3.95. The van der Waals surface area contributed by atoms with Crippen LogP contribution in [0.4, 0.5) is 0 Å². The summed E-state index contributed by atoms with van der Waals surface area (Å²) in [4.78, 5) is 15.2. The highest BCUT2D eigenvalue weighted by atomic mass is 16.5. The molecule has 0 bridgehead atoms. The maximum Gasteiger partial charge on any atom is 0.263 e. The second-order valence-corrected chi connectivity index (χ2v) is 7.09. The molecule has 0 spiro atoms. The van der Waals surface area contributed by atoms with Gasteiger partial charge in [-0.2, -0.15) is 0 Å². The van der Waals surface area contributed by atoms with Gasteiger partial charge in [-0.3, -0.25) is 9.69 Å². The minimum atomic E-state index is -0.267. The van der Waals surface area contributed by atoms with Crippen LogP contribution in [-0.2, 0) is 9.53 Å². The number of carbonyl (C=O) groups is 1. The first-order valence-electron chi connectivity index (χ1n) is 10.1. The minimum Gasteiger partial charge on any atom is -0.497 e. The van der Waals surface area contributed by atoms with Gasteiger partial charge in [0.15, 0.2) is 11.5 Å². The van der Waals surface area contributed by atoms with Crippen molar-refractivity contribution in [3.8, 4) is 11.5 Å². The number of dihydropyridines is 1. The highest BCUT2D eigenvalue weighted by molar-refractivity contribution is 6.01. The van der Waals surface area contributed by atoms with Crippen molar-refractivity contribution < 1.29 is 19.0 Å². The Morgan fingerprint density at radius 3 is 2.83 bits per heavy atom. The lowest BCUT2D eigenvalue weighted by Crippen LogP contribution is -2.43. The Morgan fingerprint density at radius 2 is 2.07 bits per heavy atom. The van der Waals surface area contributed by atoms with Crippen LogP contribution in [0.1, 0.15) is 25.3 Å². The lowest BCUT2D eigenvalue weighted by atomic mass is 9.97. The zero-order chi connectivity index (χ0) is 21.1. The van der Waals surface area contributed by atoms with Crippen molar-refractivity contribution in [3.63, 3.8) is 0 Å². The first-order valence-corrected chi connectivity index (χ1v) is 10.1. The summed E-state index contributed by atoms with van der Waals surface area (Å²) in [6, 6.07) is 5.78. The van der Waals surface area contributed by atoms with Crippen molar-refractivity contribution in [3.05, 3.63) is 77.4 Å². The van der Waals surface area contributed by atoms with Crippen molar-refractivity contribution >= 4 is 11.5 Å². The van der Waals surface area contributed by atoms with Gasteiger partial charge in [-0.25, -0.2) is 0 Å². The zero-order valence-electron chi connectivity index (χ0n) is 17.5. The number of ether oxygens (including phenoxy) is 3. The van der Waals surface area contributed by atoms with Crippen LogP contribution >= 0.6 is 0 Å². The number of rotatable bonds is 6. The van der Waals surface area contributed by atoms with Gasteiger partial charge in [-0.05, 0) is 43.3 Å². The van der Waals surface area contributed by atoms with Crippen LogP contribution < -0.4 is 14.8 Å². The maximum absolute atomic E-state index is 13.5. The third kappa shape index (κ3) is 3.49. The molecule has 1 atom stereocenters. The Balaban J connectivity index is 1.74. The molecule has 156 valence electrons. The van der Waals surface area contributed by atoms with E-state index in [1.165, 1.54) is 0 Å². The number of amides is 1. The summed E-state index contributed by atoms with van der Waals surface area (Å²) in [5.74, 6) is 1.99. The van der Waals surface area contributed by atoms with Crippen LogP contribution in [0.15, 0.2) is 71.8 Å². The standard InChI is InChI=1S/C24H26N2O4/c1-4-30-20-10-6-5-8-18(20)24(27)26-15-19(17-9-7-13-25-23(17)26)16-11-12-21(28-2)22(14-16)29-3/h5,7-9,11-15,23,25H,4,6,10H2,1-3H3. The Hall–Kier alpha value is -3.41. The number of benzene rings is 1. The summed E-state index contributed by atoms with van der Waals surface area (Å²) in [6.45, 7) is 2.48. The van der Waals surface area contributed by atoms with E-state index in [0.29, 0.717) is 23.7 Å². The molecule has 0 saturated heterocycles. The second kappa shape index (κ2) is 8.53. The van der Waals surface area contributed by atoms with E-state index < -0.39 is 0 Å². The van der Waals surface area contributed by atoms with E-state index in [2.05, 4.69) is 5.32 Å². The van der Waals surface area contributed by atoms with E-state index in [1.807, 2.05) is 61.8 Å². The molecule has 6 nitrogen and oxygen atoms in total. The van der Waals surface area contributed by atoms with Gasteiger partial charge in [0.05, 0.1) is 26.4 Å². The van der Waals surface area contributed by atoms with E-state index in [1.54, 1.807) is 19.1 Å². The van der Waals surface area contributed by atoms with Gasteiger partial charge >= 0.3 is 0 Å². The van der Waals surface area contributed by atoms with Gasteiger partial charge in [-0.1, -0.05) is 24.3 Å². The van der Waals surface area contributed by atoms with Crippen LogP contribution in [-0.4, -0.2) is 37.8 Å². The SMILES string of the molecule is CCOC1=C(C(=O)N2C=C(c3ccc(OC)c(OC)c3)C3=CC=CNC32)C=CCC1. The summed E-state index contributed by atoms with van der Waals surface area (Å²) in [5, 5.41) is 3.31. The Labute approximate surface area is 176 Å². The van der Waals surface area contributed by atoms with Gasteiger partial charge in [-0.15, -0.1) is 0 Å². The first kappa shape index (κ1) is 19.9.